The Morgan fingerprint density at radius 2 is 2.05 bits per heavy atom. The van der Waals surface area contributed by atoms with Crippen LogP contribution >= 0.6 is 15.9 Å². The summed E-state index contributed by atoms with van der Waals surface area (Å²) in [5, 5.41) is 3.13. The first-order chi connectivity index (χ1) is 9.62. The highest BCUT2D eigenvalue weighted by atomic mass is 79.9. The molecule has 0 aliphatic carbocycles. The van der Waals surface area contributed by atoms with Crippen molar-refractivity contribution in [2.75, 3.05) is 7.11 Å². The summed E-state index contributed by atoms with van der Waals surface area (Å²) in [6.07, 6.45) is 5.42. The van der Waals surface area contributed by atoms with Gasteiger partial charge in [-0.2, -0.15) is 0 Å². The molecule has 0 saturated carbocycles. The number of hydrogen-bond acceptors (Lipinski definition) is 2. The van der Waals surface area contributed by atoms with E-state index < -0.39 is 0 Å². The maximum Gasteiger partial charge on any atom is 0.255 e. The summed E-state index contributed by atoms with van der Waals surface area (Å²) in [7, 11) is 1.58. The van der Waals surface area contributed by atoms with Crippen molar-refractivity contribution in [3.05, 3.63) is 28.2 Å². The highest BCUT2D eigenvalue weighted by Crippen LogP contribution is 2.23. The van der Waals surface area contributed by atoms with E-state index in [4.69, 9.17) is 4.74 Å². The molecular formula is C16H24BrNO2. The van der Waals surface area contributed by atoms with Crippen LogP contribution in [-0.2, 0) is 0 Å². The van der Waals surface area contributed by atoms with Crippen LogP contribution in [0.25, 0.3) is 0 Å². The molecule has 0 spiro atoms. The van der Waals surface area contributed by atoms with Crippen molar-refractivity contribution < 1.29 is 9.53 Å². The highest BCUT2D eigenvalue weighted by Gasteiger charge is 2.16. The third kappa shape index (κ3) is 5.16. The van der Waals surface area contributed by atoms with E-state index in [1.807, 2.05) is 12.1 Å². The molecule has 0 fully saturated rings. The third-order valence-electron chi connectivity index (χ3n) is 3.29. The molecule has 1 aromatic rings. The molecular weight excluding hydrogens is 318 g/mol. The van der Waals surface area contributed by atoms with Crippen LogP contribution in [0.3, 0.4) is 0 Å². The molecule has 112 valence electrons. The topological polar surface area (TPSA) is 38.3 Å². The minimum absolute atomic E-state index is 0.0519. The van der Waals surface area contributed by atoms with Gasteiger partial charge in [-0.1, -0.05) is 49.0 Å². The lowest BCUT2D eigenvalue weighted by Gasteiger charge is -2.18. The minimum Gasteiger partial charge on any atom is -0.496 e. The van der Waals surface area contributed by atoms with E-state index in [0.29, 0.717) is 11.3 Å². The number of carbonyl (C=O) groups excluding carboxylic acids is 1. The summed E-state index contributed by atoms with van der Waals surface area (Å²) in [6.45, 7) is 4.31. The first kappa shape index (κ1) is 17.0. The predicted octanol–water partition coefficient (Wildman–Crippen LogP) is 4.55. The molecule has 1 N–H and O–H groups in total. The van der Waals surface area contributed by atoms with E-state index in [-0.39, 0.29) is 11.9 Å². The van der Waals surface area contributed by atoms with Gasteiger partial charge in [-0.05, 0) is 31.0 Å². The zero-order valence-corrected chi connectivity index (χ0v) is 14.1. The lowest BCUT2D eigenvalue weighted by Crippen LogP contribution is -2.35. The molecule has 1 aromatic carbocycles. The maximum absolute atomic E-state index is 12.4. The van der Waals surface area contributed by atoms with Gasteiger partial charge in [-0.3, -0.25) is 4.79 Å². The average molecular weight is 342 g/mol. The lowest BCUT2D eigenvalue weighted by molar-refractivity contribution is 0.0929. The molecule has 1 atom stereocenters. The van der Waals surface area contributed by atoms with Gasteiger partial charge in [0.1, 0.15) is 5.75 Å². The normalized spacial score (nSPS) is 12.0. The third-order valence-corrected chi connectivity index (χ3v) is 3.78. The van der Waals surface area contributed by atoms with Crippen molar-refractivity contribution in [1.82, 2.24) is 5.32 Å². The second-order valence-electron chi connectivity index (χ2n) is 4.95. The van der Waals surface area contributed by atoms with Crippen LogP contribution in [-0.4, -0.2) is 19.1 Å². The van der Waals surface area contributed by atoms with E-state index in [1.165, 1.54) is 0 Å². The lowest BCUT2D eigenvalue weighted by atomic mass is 10.0. The van der Waals surface area contributed by atoms with Gasteiger partial charge in [0.05, 0.1) is 12.7 Å². The molecule has 1 amide bonds. The molecule has 0 aliphatic rings. The van der Waals surface area contributed by atoms with E-state index in [0.717, 1.165) is 36.6 Å². The van der Waals surface area contributed by atoms with Gasteiger partial charge in [-0.25, -0.2) is 0 Å². The Morgan fingerprint density at radius 1 is 1.30 bits per heavy atom. The fourth-order valence-electron chi connectivity index (χ4n) is 2.20. The standard InChI is InChI=1S/C16H24BrNO2/c1-4-6-8-13(7-5-2)18-16(19)14-10-9-12(17)11-15(14)20-3/h9-11,13H,4-8H2,1-3H3,(H,18,19). The summed E-state index contributed by atoms with van der Waals surface area (Å²) >= 11 is 3.38. The molecule has 20 heavy (non-hydrogen) atoms. The highest BCUT2D eigenvalue weighted by molar-refractivity contribution is 9.10. The second-order valence-corrected chi connectivity index (χ2v) is 5.86. The number of unbranched alkanes of at least 4 members (excludes halogenated alkanes) is 1. The van der Waals surface area contributed by atoms with Crippen molar-refractivity contribution in [2.24, 2.45) is 0 Å². The molecule has 0 radical (unpaired) electrons. The summed E-state index contributed by atoms with van der Waals surface area (Å²) in [4.78, 5) is 12.4. The van der Waals surface area contributed by atoms with Crippen molar-refractivity contribution >= 4 is 21.8 Å². The molecule has 0 saturated heterocycles. The van der Waals surface area contributed by atoms with Gasteiger partial charge < -0.3 is 10.1 Å². The van der Waals surface area contributed by atoms with Crippen LogP contribution < -0.4 is 10.1 Å². The van der Waals surface area contributed by atoms with Crippen LogP contribution in [0, 0.1) is 0 Å². The Kier molecular flexibility index (Phi) is 7.67. The number of methoxy groups -OCH3 is 1. The Morgan fingerprint density at radius 3 is 2.65 bits per heavy atom. The fraction of sp³-hybridized carbons (Fsp3) is 0.562. The zero-order chi connectivity index (χ0) is 15.0. The Bertz CT molecular complexity index is 434. The number of amides is 1. The molecule has 1 unspecified atom stereocenters. The van der Waals surface area contributed by atoms with Crippen LogP contribution in [0.2, 0.25) is 0 Å². The minimum atomic E-state index is -0.0519. The summed E-state index contributed by atoms with van der Waals surface area (Å²) < 4.78 is 6.18. The van der Waals surface area contributed by atoms with Gasteiger partial charge in [0, 0.05) is 10.5 Å². The Labute approximate surface area is 130 Å². The van der Waals surface area contributed by atoms with Gasteiger partial charge in [-0.15, -0.1) is 0 Å². The molecule has 1 rings (SSSR count). The number of nitrogens with one attached hydrogen (secondary N) is 1. The number of halogens is 1. The smallest absolute Gasteiger partial charge is 0.255 e. The molecule has 3 nitrogen and oxygen atoms in total. The first-order valence-corrected chi connectivity index (χ1v) is 8.06. The first-order valence-electron chi connectivity index (χ1n) is 7.26. The Balaban J connectivity index is 2.77. The maximum atomic E-state index is 12.4. The van der Waals surface area contributed by atoms with Crippen LogP contribution in [0.15, 0.2) is 22.7 Å². The average Bonchev–Trinajstić information content (AvgIpc) is 2.44. The number of carbonyl (C=O) groups is 1. The summed E-state index contributed by atoms with van der Waals surface area (Å²) in [5.41, 5.74) is 0.591. The zero-order valence-electron chi connectivity index (χ0n) is 12.5. The predicted molar refractivity (Wildman–Crippen MR) is 86.4 cm³/mol. The Hall–Kier alpha value is -1.03. The van der Waals surface area contributed by atoms with Crippen molar-refractivity contribution in [3.63, 3.8) is 0 Å². The van der Waals surface area contributed by atoms with Gasteiger partial charge in [0.2, 0.25) is 0 Å². The van der Waals surface area contributed by atoms with Gasteiger partial charge >= 0.3 is 0 Å². The van der Waals surface area contributed by atoms with Crippen molar-refractivity contribution in [1.29, 1.82) is 0 Å². The summed E-state index contributed by atoms with van der Waals surface area (Å²) in [5.74, 6) is 0.548. The number of benzene rings is 1. The van der Waals surface area contributed by atoms with Gasteiger partial charge in [0.25, 0.3) is 5.91 Å². The monoisotopic (exact) mass is 341 g/mol. The van der Waals surface area contributed by atoms with Gasteiger partial charge in [0.15, 0.2) is 0 Å². The van der Waals surface area contributed by atoms with Crippen LogP contribution in [0.1, 0.15) is 56.3 Å². The second kappa shape index (κ2) is 9.01. The van der Waals surface area contributed by atoms with E-state index in [2.05, 4.69) is 35.1 Å². The molecule has 0 aromatic heterocycles. The SMILES string of the molecule is CCCCC(CCC)NC(=O)c1ccc(Br)cc1OC. The molecule has 0 aliphatic heterocycles. The quantitative estimate of drug-likeness (QED) is 0.753. The van der Waals surface area contributed by atoms with Crippen molar-refractivity contribution in [2.45, 2.75) is 52.0 Å². The molecule has 0 bridgehead atoms. The van der Waals surface area contributed by atoms with Crippen LogP contribution in [0.4, 0.5) is 0 Å². The van der Waals surface area contributed by atoms with E-state index >= 15 is 0 Å². The van der Waals surface area contributed by atoms with Crippen LogP contribution in [0.5, 0.6) is 5.75 Å². The number of hydrogen-bond donors (Lipinski definition) is 1. The number of rotatable bonds is 8. The molecule has 0 heterocycles. The summed E-state index contributed by atoms with van der Waals surface area (Å²) in [6, 6.07) is 5.72. The fourth-order valence-corrected chi connectivity index (χ4v) is 2.54. The largest absolute Gasteiger partial charge is 0.496 e. The van der Waals surface area contributed by atoms with Crippen molar-refractivity contribution in [3.8, 4) is 5.75 Å². The number of ether oxygens (including phenoxy) is 1. The van der Waals surface area contributed by atoms with E-state index in [1.54, 1.807) is 13.2 Å². The molecule has 4 heteroatoms. The van der Waals surface area contributed by atoms with E-state index in [9.17, 15) is 4.79 Å².